The summed E-state index contributed by atoms with van der Waals surface area (Å²) in [6.07, 6.45) is -3.54. The van der Waals surface area contributed by atoms with Gasteiger partial charge in [0.15, 0.2) is 0 Å². The molecule has 2 rings (SSSR count). The lowest BCUT2D eigenvalue weighted by Gasteiger charge is -2.09. The Morgan fingerprint density at radius 1 is 1.28 bits per heavy atom. The summed E-state index contributed by atoms with van der Waals surface area (Å²) in [7, 11) is 0. The van der Waals surface area contributed by atoms with Crippen molar-refractivity contribution in [2.24, 2.45) is 0 Å². The number of hydrogen-bond donors (Lipinski definition) is 1. The highest BCUT2D eigenvalue weighted by molar-refractivity contribution is 5.78. The van der Waals surface area contributed by atoms with E-state index in [1.54, 1.807) is 0 Å². The molecule has 136 valence electrons. The number of nitrogens with one attached hydrogen (secondary N) is 1. The van der Waals surface area contributed by atoms with E-state index in [1.165, 1.54) is 12.1 Å². The Morgan fingerprint density at radius 2 is 2.00 bits per heavy atom. The molecule has 0 fully saturated rings. The molecule has 2 aromatic rings. The lowest BCUT2D eigenvalue weighted by Crippen LogP contribution is -2.25. The van der Waals surface area contributed by atoms with E-state index in [1.807, 2.05) is 18.5 Å². The number of rotatable bonds is 6. The minimum atomic E-state index is -4.41. The third kappa shape index (κ3) is 4.84. The van der Waals surface area contributed by atoms with Crippen molar-refractivity contribution in [1.82, 2.24) is 15.1 Å². The van der Waals surface area contributed by atoms with Gasteiger partial charge in [-0.2, -0.15) is 18.3 Å². The third-order valence-corrected chi connectivity index (χ3v) is 4.05. The van der Waals surface area contributed by atoms with Crippen LogP contribution in [0.1, 0.15) is 41.4 Å². The molecule has 7 heteroatoms. The Kier molecular flexibility index (Phi) is 5.87. The van der Waals surface area contributed by atoms with Crippen LogP contribution in [-0.2, 0) is 30.5 Å². The van der Waals surface area contributed by atoms with Crippen LogP contribution in [0.4, 0.5) is 13.2 Å². The SMILES string of the molecule is CCCn1nc(C)c(CNC(=O)Cc2cccc(C(F)(F)F)c2)c1C. The molecule has 0 unspecified atom stereocenters. The molecule has 25 heavy (non-hydrogen) atoms. The van der Waals surface area contributed by atoms with E-state index in [9.17, 15) is 18.0 Å². The molecule has 0 radical (unpaired) electrons. The Labute approximate surface area is 145 Å². The van der Waals surface area contributed by atoms with Gasteiger partial charge in [-0.1, -0.05) is 25.1 Å². The van der Waals surface area contributed by atoms with Gasteiger partial charge in [0, 0.05) is 24.3 Å². The summed E-state index contributed by atoms with van der Waals surface area (Å²) in [5, 5.41) is 7.21. The molecule has 0 aliphatic rings. The summed E-state index contributed by atoms with van der Waals surface area (Å²) in [6, 6.07) is 4.84. The van der Waals surface area contributed by atoms with Crippen molar-refractivity contribution in [1.29, 1.82) is 0 Å². The zero-order valence-corrected chi connectivity index (χ0v) is 14.6. The summed E-state index contributed by atoms with van der Waals surface area (Å²) < 4.78 is 40.1. The molecular formula is C18H22F3N3O. The molecule has 1 amide bonds. The Morgan fingerprint density at radius 3 is 2.64 bits per heavy atom. The van der Waals surface area contributed by atoms with E-state index in [-0.39, 0.29) is 12.3 Å². The van der Waals surface area contributed by atoms with E-state index < -0.39 is 11.7 Å². The maximum absolute atomic E-state index is 12.7. The number of aromatic nitrogens is 2. The number of alkyl halides is 3. The maximum Gasteiger partial charge on any atom is 0.416 e. The van der Waals surface area contributed by atoms with Crippen LogP contribution < -0.4 is 5.32 Å². The summed E-state index contributed by atoms with van der Waals surface area (Å²) in [5.41, 5.74) is 2.39. The Balaban J connectivity index is 2.00. The number of aryl methyl sites for hydroxylation is 2. The third-order valence-electron chi connectivity index (χ3n) is 4.05. The summed E-state index contributed by atoms with van der Waals surface area (Å²) in [6.45, 7) is 7.02. The molecule has 0 aliphatic carbocycles. The molecule has 1 aromatic carbocycles. The van der Waals surface area contributed by atoms with Gasteiger partial charge in [-0.25, -0.2) is 0 Å². The number of amides is 1. The first-order chi connectivity index (χ1) is 11.7. The molecule has 4 nitrogen and oxygen atoms in total. The molecule has 0 bridgehead atoms. The van der Waals surface area contributed by atoms with Gasteiger partial charge in [0.2, 0.25) is 5.91 Å². The monoisotopic (exact) mass is 353 g/mol. The zero-order valence-electron chi connectivity index (χ0n) is 14.6. The van der Waals surface area contributed by atoms with Crippen molar-refractivity contribution in [3.05, 3.63) is 52.3 Å². The van der Waals surface area contributed by atoms with Crippen LogP contribution in [0.3, 0.4) is 0 Å². The summed E-state index contributed by atoms with van der Waals surface area (Å²) >= 11 is 0. The molecule has 1 aromatic heterocycles. The minimum absolute atomic E-state index is 0.0922. The lowest BCUT2D eigenvalue weighted by atomic mass is 10.1. The highest BCUT2D eigenvalue weighted by Gasteiger charge is 2.30. The number of nitrogens with zero attached hydrogens (tertiary/aromatic N) is 2. The molecule has 0 saturated carbocycles. The van der Waals surface area contributed by atoms with Crippen molar-refractivity contribution in [2.45, 2.75) is 52.9 Å². The molecule has 0 spiro atoms. The van der Waals surface area contributed by atoms with Gasteiger partial charge < -0.3 is 5.32 Å². The van der Waals surface area contributed by atoms with Crippen LogP contribution in [0.5, 0.6) is 0 Å². The number of carbonyl (C=O) groups is 1. The van der Waals surface area contributed by atoms with Crippen LogP contribution >= 0.6 is 0 Å². The van der Waals surface area contributed by atoms with Crippen LogP contribution in [0.2, 0.25) is 0 Å². The maximum atomic E-state index is 12.7. The van der Waals surface area contributed by atoms with Crippen LogP contribution in [0.15, 0.2) is 24.3 Å². The average Bonchev–Trinajstić information content (AvgIpc) is 2.79. The smallest absolute Gasteiger partial charge is 0.352 e. The topological polar surface area (TPSA) is 46.9 Å². The second-order valence-corrected chi connectivity index (χ2v) is 6.02. The van der Waals surface area contributed by atoms with Crippen molar-refractivity contribution >= 4 is 5.91 Å². The largest absolute Gasteiger partial charge is 0.416 e. The Hall–Kier alpha value is -2.31. The second kappa shape index (κ2) is 7.72. The molecule has 0 aliphatic heterocycles. The number of carbonyl (C=O) groups excluding carboxylic acids is 1. The van der Waals surface area contributed by atoms with E-state index in [2.05, 4.69) is 17.3 Å². The molecule has 0 saturated heterocycles. The number of benzene rings is 1. The second-order valence-electron chi connectivity index (χ2n) is 6.02. The standard InChI is InChI=1S/C18H22F3N3O/c1-4-8-24-13(3)16(12(2)23-24)11-22-17(25)10-14-6-5-7-15(9-14)18(19,20)21/h5-7,9H,4,8,10-11H2,1-3H3,(H,22,25). The molecule has 1 heterocycles. The fraction of sp³-hybridized carbons (Fsp3) is 0.444. The van der Waals surface area contributed by atoms with Gasteiger partial charge in [-0.3, -0.25) is 9.48 Å². The van der Waals surface area contributed by atoms with E-state index in [0.29, 0.717) is 12.1 Å². The quantitative estimate of drug-likeness (QED) is 0.859. The number of hydrogen-bond acceptors (Lipinski definition) is 2. The average molecular weight is 353 g/mol. The first kappa shape index (κ1) is 19.0. The van der Waals surface area contributed by atoms with Crippen molar-refractivity contribution < 1.29 is 18.0 Å². The van der Waals surface area contributed by atoms with Crippen LogP contribution in [0, 0.1) is 13.8 Å². The van der Waals surface area contributed by atoms with Crippen LogP contribution in [0.25, 0.3) is 0 Å². The lowest BCUT2D eigenvalue weighted by molar-refractivity contribution is -0.137. The Bertz CT molecular complexity index is 751. The predicted octanol–water partition coefficient (Wildman–Crippen LogP) is 3.79. The van der Waals surface area contributed by atoms with E-state index >= 15 is 0 Å². The summed E-state index contributed by atoms with van der Waals surface area (Å²) in [5.74, 6) is -0.318. The first-order valence-corrected chi connectivity index (χ1v) is 8.18. The van der Waals surface area contributed by atoms with Gasteiger partial charge >= 0.3 is 6.18 Å². The summed E-state index contributed by atoms with van der Waals surface area (Å²) in [4.78, 5) is 12.1. The van der Waals surface area contributed by atoms with E-state index in [0.717, 1.165) is 42.0 Å². The fourth-order valence-electron chi connectivity index (χ4n) is 2.71. The highest BCUT2D eigenvalue weighted by atomic mass is 19.4. The van der Waals surface area contributed by atoms with Gasteiger partial charge in [0.05, 0.1) is 17.7 Å². The van der Waals surface area contributed by atoms with Crippen molar-refractivity contribution in [2.75, 3.05) is 0 Å². The van der Waals surface area contributed by atoms with Gasteiger partial charge in [-0.05, 0) is 31.9 Å². The van der Waals surface area contributed by atoms with Crippen molar-refractivity contribution in [3.63, 3.8) is 0 Å². The van der Waals surface area contributed by atoms with Gasteiger partial charge in [0.25, 0.3) is 0 Å². The number of halogens is 3. The van der Waals surface area contributed by atoms with E-state index in [4.69, 9.17) is 0 Å². The zero-order chi connectivity index (χ0) is 18.6. The van der Waals surface area contributed by atoms with Gasteiger partial charge in [-0.15, -0.1) is 0 Å². The van der Waals surface area contributed by atoms with Crippen LogP contribution in [-0.4, -0.2) is 15.7 Å². The highest BCUT2D eigenvalue weighted by Crippen LogP contribution is 2.29. The van der Waals surface area contributed by atoms with Gasteiger partial charge in [0.1, 0.15) is 0 Å². The fourth-order valence-corrected chi connectivity index (χ4v) is 2.71. The minimum Gasteiger partial charge on any atom is -0.352 e. The predicted molar refractivity (Wildman–Crippen MR) is 89.0 cm³/mol. The first-order valence-electron chi connectivity index (χ1n) is 8.18. The molecule has 1 N–H and O–H groups in total. The molecule has 0 atom stereocenters. The van der Waals surface area contributed by atoms with Crippen molar-refractivity contribution in [3.8, 4) is 0 Å². The normalized spacial score (nSPS) is 11.6. The molecular weight excluding hydrogens is 331 g/mol.